The first-order valence-corrected chi connectivity index (χ1v) is 9.36. The molecule has 0 radical (unpaired) electrons. The maximum atomic E-state index is 12.3. The van der Waals surface area contributed by atoms with Gasteiger partial charge in [0.25, 0.3) is 5.91 Å². The number of benzene rings is 2. The van der Waals surface area contributed by atoms with Crippen molar-refractivity contribution in [3.05, 3.63) is 89.6 Å². The number of aryl methyl sites for hydroxylation is 1. The Morgan fingerprint density at radius 1 is 1.21 bits per heavy atom. The summed E-state index contributed by atoms with van der Waals surface area (Å²) in [6.45, 7) is 6.22. The van der Waals surface area contributed by atoms with Crippen LogP contribution in [0.4, 0.5) is 0 Å². The monoisotopic (exact) mass is 370 g/mol. The zero-order valence-corrected chi connectivity index (χ0v) is 15.8. The minimum Gasteiger partial charge on any atom is -0.488 e. The maximum absolute atomic E-state index is 12.3. The number of fused-ring (bicyclic) bond motifs is 1. The summed E-state index contributed by atoms with van der Waals surface area (Å²) in [6.07, 6.45) is 4.34. The number of aromatic nitrogens is 1. The highest BCUT2D eigenvalue weighted by molar-refractivity contribution is 5.94. The van der Waals surface area contributed by atoms with Crippen LogP contribution in [0, 0.1) is 6.92 Å². The Morgan fingerprint density at radius 2 is 2.04 bits per heavy atom. The Morgan fingerprint density at radius 3 is 2.75 bits per heavy atom. The third-order valence-corrected chi connectivity index (χ3v) is 4.91. The molecule has 0 saturated carbocycles. The fraction of sp³-hybridized carbons (Fsp3) is 0.167. The van der Waals surface area contributed by atoms with E-state index >= 15 is 0 Å². The second-order valence-electron chi connectivity index (χ2n) is 7.02. The van der Waals surface area contributed by atoms with E-state index in [9.17, 15) is 4.79 Å². The molecule has 1 aliphatic heterocycles. The highest BCUT2D eigenvalue weighted by Gasteiger charge is 2.24. The standard InChI is InChI=1S/C24H22N2O2/c1-3-17-5-7-18(8-6-17)24(27)26-15-21-13-20-12-19(9-11-23(20)28-21)22-10-4-16(2)14-25-22/h3-12,14,21H,1,13,15H2,2H3,(H,26,27). The van der Waals surface area contributed by atoms with Crippen LogP contribution < -0.4 is 10.1 Å². The molecule has 1 unspecified atom stereocenters. The fourth-order valence-electron chi connectivity index (χ4n) is 3.31. The summed E-state index contributed by atoms with van der Waals surface area (Å²) >= 11 is 0. The van der Waals surface area contributed by atoms with E-state index in [1.54, 1.807) is 18.2 Å². The quantitative estimate of drug-likeness (QED) is 0.723. The molecule has 4 heteroatoms. The number of hydrogen-bond donors (Lipinski definition) is 1. The lowest BCUT2D eigenvalue weighted by Crippen LogP contribution is -2.34. The van der Waals surface area contributed by atoms with Gasteiger partial charge in [-0.05, 0) is 60.0 Å². The van der Waals surface area contributed by atoms with E-state index in [-0.39, 0.29) is 12.0 Å². The largest absolute Gasteiger partial charge is 0.488 e. The molecule has 2 aromatic carbocycles. The lowest BCUT2D eigenvalue weighted by Gasteiger charge is -2.12. The zero-order valence-electron chi connectivity index (χ0n) is 15.8. The summed E-state index contributed by atoms with van der Waals surface area (Å²) in [5.74, 6) is 0.783. The lowest BCUT2D eigenvalue weighted by atomic mass is 10.0. The Balaban J connectivity index is 1.38. The van der Waals surface area contributed by atoms with Gasteiger partial charge in [-0.3, -0.25) is 9.78 Å². The fourth-order valence-corrected chi connectivity index (χ4v) is 3.31. The van der Waals surface area contributed by atoms with Crippen LogP contribution in [0.25, 0.3) is 17.3 Å². The van der Waals surface area contributed by atoms with Gasteiger partial charge in [0.2, 0.25) is 0 Å². The summed E-state index contributed by atoms with van der Waals surface area (Å²) in [7, 11) is 0. The molecular weight excluding hydrogens is 348 g/mol. The molecule has 0 fully saturated rings. The SMILES string of the molecule is C=Cc1ccc(C(=O)NCC2Cc3cc(-c4ccc(C)cn4)ccc3O2)cc1. The van der Waals surface area contributed by atoms with Crippen LogP contribution in [-0.4, -0.2) is 23.5 Å². The summed E-state index contributed by atoms with van der Waals surface area (Å²) < 4.78 is 5.99. The van der Waals surface area contributed by atoms with E-state index in [0.717, 1.165) is 40.1 Å². The smallest absolute Gasteiger partial charge is 0.251 e. The van der Waals surface area contributed by atoms with Gasteiger partial charge in [-0.1, -0.05) is 30.9 Å². The topological polar surface area (TPSA) is 51.2 Å². The molecule has 0 bridgehead atoms. The number of carbonyl (C=O) groups is 1. The van der Waals surface area contributed by atoms with Crippen molar-refractivity contribution < 1.29 is 9.53 Å². The molecule has 1 aromatic heterocycles. The van der Waals surface area contributed by atoms with Crippen molar-refractivity contribution in [3.8, 4) is 17.0 Å². The van der Waals surface area contributed by atoms with Crippen molar-refractivity contribution in [2.24, 2.45) is 0 Å². The van der Waals surface area contributed by atoms with E-state index in [4.69, 9.17) is 4.74 Å². The van der Waals surface area contributed by atoms with Crippen LogP contribution in [0.5, 0.6) is 5.75 Å². The average molecular weight is 370 g/mol. The van der Waals surface area contributed by atoms with E-state index in [1.165, 1.54) is 0 Å². The number of nitrogens with zero attached hydrogens (tertiary/aromatic N) is 1. The van der Waals surface area contributed by atoms with Crippen molar-refractivity contribution in [1.82, 2.24) is 10.3 Å². The van der Waals surface area contributed by atoms with Gasteiger partial charge < -0.3 is 10.1 Å². The first kappa shape index (κ1) is 18.0. The van der Waals surface area contributed by atoms with Crippen molar-refractivity contribution in [3.63, 3.8) is 0 Å². The number of nitrogens with one attached hydrogen (secondary N) is 1. The van der Waals surface area contributed by atoms with Crippen LogP contribution in [0.3, 0.4) is 0 Å². The molecule has 1 atom stereocenters. The molecule has 0 aliphatic carbocycles. The number of pyridine rings is 1. The van der Waals surface area contributed by atoms with E-state index < -0.39 is 0 Å². The van der Waals surface area contributed by atoms with Crippen molar-refractivity contribution in [1.29, 1.82) is 0 Å². The predicted octanol–water partition coefficient (Wildman–Crippen LogP) is 4.43. The molecule has 28 heavy (non-hydrogen) atoms. The average Bonchev–Trinajstić information content (AvgIpc) is 3.15. The zero-order chi connectivity index (χ0) is 19.5. The molecule has 1 amide bonds. The van der Waals surface area contributed by atoms with E-state index in [1.807, 2.05) is 43.5 Å². The minimum absolute atomic E-state index is 0.0624. The van der Waals surface area contributed by atoms with Crippen molar-refractivity contribution in [2.75, 3.05) is 6.54 Å². The van der Waals surface area contributed by atoms with Gasteiger partial charge in [-0.15, -0.1) is 0 Å². The van der Waals surface area contributed by atoms with Gasteiger partial charge in [-0.25, -0.2) is 0 Å². The van der Waals surface area contributed by atoms with Gasteiger partial charge >= 0.3 is 0 Å². The maximum Gasteiger partial charge on any atom is 0.251 e. The number of hydrogen-bond acceptors (Lipinski definition) is 3. The van der Waals surface area contributed by atoms with Crippen LogP contribution in [0.2, 0.25) is 0 Å². The van der Waals surface area contributed by atoms with Gasteiger partial charge in [0.05, 0.1) is 12.2 Å². The molecule has 140 valence electrons. The molecule has 0 saturated heterocycles. The molecular formula is C24H22N2O2. The Bertz CT molecular complexity index is 1010. The molecule has 4 nitrogen and oxygen atoms in total. The van der Waals surface area contributed by atoms with E-state index in [0.29, 0.717) is 12.1 Å². The highest BCUT2D eigenvalue weighted by atomic mass is 16.5. The summed E-state index contributed by atoms with van der Waals surface area (Å²) in [6, 6.07) is 17.6. The lowest BCUT2D eigenvalue weighted by molar-refractivity contribution is 0.0933. The number of carbonyl (C=O) groups excluding carboxylic acids is 1. The molecule has 2 heterocycles. The molecule has 4 rings (SSSR count). The van der Waals surface area contributed by atoms with Crippen LogP contribution in [-0.2, 0) is 6.42 Å². The van der Waals surface area contributed by atoms with Gasteiger partial charge in [0.15, 0.2) is 0 Å². The minimum atomic E-state index is -0.0975. The van der Waals surface area contributed by atoms with E-state index in [2.05, 4.69) is 29.0 Å². The van der Waals surface area contributed by atoms with Gasteiger partial charge in [0, 0.05) is 23.7 Å². The summed E-state index contributed by atoms with van der Waals surface area (Å²) in [5, 5.41) is 2.96. The van der Waals surface area contributed by atoms with Gasteiger partial charge in [-0.2, -0.15) is 0 Å². The van der Waals surface area contributed by atoms with Crippen LogP contribution in [0.1, 0.15) is 27.0 Å². The second-order valence-corrected chi connectivity index (χ2v) is 7.02. The normalized spacial score (nSPS) is 14.8. The highest BCUT2D eigenvalue weighted by Crippen LogP contribution is 2.32. The molecule has 1 aliphatic rings. The molecule has 1 N–H and O–H groups in total. The van der Waals surface area contributed by atoms with Crippen LogP contribution >= 0.6 is 0 Å². The Hall–Kier alpha value is -3.40. The Kier molecular flexibility index (Phi) is 4.94. The van der Waals surface area contributed by atoms with Crippen molar-refractivity contribution >= 4 is 12.0 Å². The molecule has 3 aromatic rings. The first-order chi connectivity index (χ1) is 13.6. The number of rotatable bonds is 5. The van der Waals surface area contributed by atoms with Crippen LogP contribution in [0.15, 0.2) is 67.4 Å². The number of ether oxygens (including phenoxy) is 1. The number of amides is 1. The van der Waals surface area contributed by atoms with Gasteiger partial charge in [0.1, 0.15) is 11.9 Å². The second kappa shape index (κ2) is 7.69. The Labute approximate surface area is 164 Å². The first-order valence-electron chi connectivity index (χ1n) is 9.36. The third kappa shape index (κ3) is 3.81. The molecule has 0 spiro atoms. The third-order valence-electron chi connectivity index (χ3n) is 4.91. The predicted molar refractivity (Wildman–Crippen MR) is 111 cm³/mol. The summed E-state index contributed by atoms with van der Waals surface area (Å²) in [5.41, 5.74) is 5.94. The summed E-state index contributed by atoms with van der Waals surface area (Å²) in [4.78, 5) is 16.8. The van der Waals surface area contributed by atoms with Crippen molar-refractivity contribution in [2.45, 2.75) is 19.4 Å².